The van der Waals surface area contributed by atoms with Gasteiger partial charge in [-0.3, -0.25) is 4.90 Å². The van der Waals surface area contributed by atoms with Gasteiger partial charge < -0.3 is 14.6 Å². The maximum absolute atomic E-state index is 12.9. The lowest BCUT2D eigenvalue weighted by molar-refractivity contribution is -0.142. The molecule has 7 heteroatoms. The van der Waals surface area contributed by atoms with Gasteiger partial charge in [-0.2, -0.15) is 0 Å². The molecule has 1 amide bonds. The highest BCUT2D eigenvalue weighted by Crippen LogP contribution is 2.44. The molecule has 0 saturated carbocycles. The fourth-order valence-corrected chi connectivity index (χ4v) is 4.43. The van der Waals surface area contributed by atoms with Gasteiger partial charge in [0.1, 0.15) is 19.3 Å². The molecule has 7 nitrogen and oxygen atoms in total. The first-order chi connectivity index (χ1) is 17.4. The van der Waals surface area contributed by atoms with Crippen molar-refractivity contribution < 1.29 is 29.0 Å². The van der Waals surface area contributed by atoms with Crippen molar-refractivity contribution in [1.29, 1.82) is 0 Å². The maximum atomic E-state index is 12.9. The zero-order chi connectivity index (χ0) is 25.7. The normalized spacial score (nSPS) is 12.7. The molecule has 3 aromatic rings. The summed E-state index contributed by atoms with van der Waals surface area (Å²) >= 11 is 0. The van der Waals surface area contributed by atoms with Crippen LogP contribution in [-0.2, 0) is 20.7 Å². The number of carbonyl (C=O) groups is 3. The summed E-state index contributed by atoms with van der Waals surface area (Å²) < 4.78 is 10.6. The van der Waals surface area contributed by atoms with E-state index in [0.29, 0.717) is 11.1 Å². The molecule has 0 spiro atoms. The van der Waals surface area contributed by atoms with Crippen LogP contribution >= 0.6 is 0 Å². The number of hydrogen-bond donors (Lipinski definition) is 1. The van der Waals surface area contributed by atoms with E-state index in [0.717, 1.165) is 27.2 Å². The molecule has 184 valence electrons. The molecular formula is C29H27NO6. The summed E-state index contributed by atoms with van der Waals surface area (Å²) in [4.78, 5) is 37.9. The van der Waals surface area contributed by atoms with Crippen molar-refractivity contribution in [3.63, 3.8) is 0 Å². The second-order valence-electron chi connectivity index (χ2n) is 8.56. The summed E-state index contributed by atoms with van der Waals surface area (Å²) in [5, 5.41) is 9.80. The van der Waals surface area contributed by atoms with Crippen LogP contribution in [0.25, 0.3) is 11.1 Å². The topological polar surface area (TPSA) is 93.1 Å². The SMILES string of the molecule is C=CCOC(=O)c1ccc(CC(C(=O)O)N(C)C(=O)OCC2c3ccccc3-c3ccccc32)cc1. The van der Waals surface area contributed by atoms with Gasteiger partial charge in [0, 0.05) is 19.4 Å². The van der Waals surface area contributed by atoms with Gasteiger partial charge in [-0.1, -0.05) is 73.3 Å². The molecule has 0 bridgehead atoms. The highest BCUT2D eigenvalue weighted by Gasteiger charge is 2.32. The number of rotatable bonds is 9. The second kappa shape index (κ2) is 10.9. The molecule has 0 aromatic heterocycles. The standard InChI is InChI=1S/C29H27NO6/c1-3-16-35-28(33)20-14-12-19(13-15-20)17-26(27(31)32)30(2)29(34)36-18-25-23-10-6-4-8-21(23)22-9-5-7-11-24(22)25/h3-15,25-26H,1,16-18H2,2H3,(H,31,32). The third-order valence-corrected chi connectivity index (χ3v) is 6.33. The predicted molar refractivity (Wildman–Crippen MR) is 135 cm³/mol. The van der Waals surface area contributed by atoms with Crippen LogP contribution in [0.15, 0.2) is 85.5 Å². The second-order valence-corrected chi connectivity index (χ2v) is 8.56. The van der Waals surface area contributed by atoms with Crippen molar-refractivity contribution in [3.8, 4) is 11.1 Å². The first-order valence-electron chi connectivity index (χ1n) is 11.6. The lowest BCUT2D eigenvalue weighted by Crippen LogP contribution is -2.44. The van der Waals surface area contributed by atoms with Crippen LogP contribution in [-0.4, -0.2) is 54.3 Å². The van der Waals surface area contributed by atoms with Crippen molar-refractivity contribution in [1.82, 2.24) is 4.90 Å². The molecule has 4 rings (SSSR count). The summed E-state index contributed by atoms with van der Waals surface area (Å²) in [6, 6.07) is 21.3. The fourth-order valence-electron chi connectivity index (χ4n) is 4.43. The molecule has 0 fully saturated rings. The van der Waals surface area contributed by atoms with Gasteiger partial charge in [0.05, 0.1) is 5.56 Å². The van der Waals surface area contributed by atoms with Crippen molar-refractivity contribution >= 4 is 18.0 Å². The average molecular weight is 486 g/mol. The van der Waals surface area contributed by atoms with Gasteiger partial charge >= 0.3 is 18.0 Å². The number of aliphatic carboxylic acids is 1. The largest absolute Gasteiger partial charge is 0.480 e. The Labute approximate surface area is 209 Å². The number of ether oxygens (including phenoxy) is 2. The smallest absolute Gasteiger partial charge is 0.410 e. The van der Waals surface area contributed by atoms with Gasteiger partial charge in [0.15, 0.2) is 0 Å². The minimum atomic E-state index is -1.15. The molecule has 1 unspecified atom stereocenters. The summed E-state index contributed by atoms with van der Waals surface area (Å²) in [7, 11) is 1.42. The Hall–Kier alpha value is -4.39. The molecule has 0 aliphatic heterocycles. The molecule has 1 aliphatic rings. The molecule has 0 radical (unpaired) electrons. The van der Waals surface area contributed by atoms with E-state index in [1.54, 1.807) is 24.3 Å². The zero-order valence-corrected chi connectivity index (χ0v) is 19.9. The molecular weight excluding hydrogens is 458 g/mol. The summed E-state index contributed by atoms with van der Waals surface area (Å²) in [6.45, 7) is 3.71. The van der Waals surface area contributed by atoms with Crippen molar-refractivity contribution in [2.75, 3.05) is 20.3 Å². The number of carboxylic acid groups (broad SMARTS) is 1. The Bertz CT molecular complexity index is 1240. The van der Waals surface area contributed by atoms with Gasteiger partial charge in [-0.25, -0.2) is 14.4 Å². The van der Waals surface area contributed by atoms with Gasteiger partial charge in [0.2, 0.25) is 0 Å². The summed E-state index contributed by atoms with van der Waals surface area (Å²) in [5.74, 6) is -1.76. The average Bonchev–Trinajstić information content (AvgIpc) is 3.22. The molecule has 36 heavy (non-hydrogen) atoms. The van der Waals surface area contributed by atoms with E-state index >= 15 is 0 Å². The van der Waals surface area contributed by atoms with Crippen LogP contribution in [0.2, 0.25) is 0 Å². The van der Waals surface area contributed by atoms with E-state index in [4.69, 9.17) is 9.47 Å². The Morgan fingerprint density at radius 3 is 2.08 bits per heavy atom. The quantitative estimate of drug-likeness (QED) is 0.342. The third-order valence-electron chi connectivity index (χ3n) is 6.33. The van der Waals surface area contributed by atoms with E-state index in [9.17, 15) is 19.5 Å². The lowest BCUT2D eigenvalue weighted by atomic mass is 9.98. The van der Waals surface area contributed by atoms with Crippen LogP contribution in [0, 0.1) is 0 Å². The monoisotopic (exact) mass is 485 g/mol. The van der Waals surface area contributed by atoms with Gasteiger partial charge in [-0.15, -0.1) is 0 Å². The number of benzene rings is 3. The molecule has 1 N–H and O–H groups in total. The number of carboxylic acids is 1. The summed E-state index contributed by atoms with van der Waals surface area (Å²) in [6.07, 6.45) is 0.815. The van der Waals surface area contributed by atoms with E-state index in [1.807, 2.05) is 48.5 Å². The number of hydrogen-bond acceptors (Lipinski definition) is 5. The minimum Gasteiger partial charge on any atom is -0.480 e. The number of amides is 1. The van der Waals surface area contributed by atoms with E-state index < -0.39 is 24.1 Å². The first kappa shape index (κ1) is 24.7. The van der Waals surface area contributed by atoms with Crippen LogP contribution in [0.1, 0.15) is 33.0 Å². The number of fused-ring (bicyclic) bond motifs is 3. The highest BCUT2D eigenvalue weighted by molar-refractivity contribution is 5.89. The van der Waals surface area contributed by atoms with Crippen LogP contribution in [0.5, 0.6) is 0 Å². The fraction of sp³-hybridized carbons (Fsp3) is 0.207. The number of likely N-dealkylation sites (N-methyl/N-ethyl adjacent to an activating group) is 1. The Morgan fingerprint density at radius 2 is 1.53 bits per heavy atom. The molecule has 0 saturated heterocycles. The summed E-state index contributed by atoms with van der Waals surface area (Å²) in [5.41, 5.74) is 5.38. The zero-order valence-electron chi connectivity index (χ0n) is 19.9. The number of esters is 1. The number of carbonyl (C=O) groups excluding carboxylic acids is 2. The van der Waals surface area contributed by atoms with Crippen molar-refractivity contribution in [2.24, 2.45) is 0 Å². The van der Waals surface area contributed by atoms with E-state index in [-0.39, 0.29) is 25.6 Å². The molecule has 1 aliphatic carbocycles. The predicted octanol–water partition coefficient (Wildman–Crippen LogP) is 4.91. The minimum absolute atomic E-state index is 0.0536. The highest BCUT2D eigenvalue weighted by atomic mass is 16.6. The Morgan fingerprint density at radius 1 is 0.944 bits per heavy atom. The van der Waals surface area contributed by atoms with Crippen LogP contribution < -0.4 is 0 Å². The van der Waals surface area contributed by atoms with E-state index in [2.05, 4.69) is 6.58 Å². The van der Waals surface area contributed by atoms with Crippen LogP contribution in [0.3, 0.4) is 0 Å². The van der Waals surface area contributed by atoms with Gasteiger partial charge in [0.25, 0.3) is 0 Å². The van der Waals surface area contributed by atoms with Crippen molar-refractivity contribution in [2.45, 2.75) is 18.4 Å². The maximum Gasteiger partial charge on any atom is 0.410 e. The molecule has 0 heterocycles. The molecule has 1 atom stereocenters. The Balaban J connectivity index is 1.42. The number of nitrogens with zero attached hydrogens (tertiary/aromatic N) is 1. The molecule has 3 aromatic carbocycles. The van der Waals surface area contributed by atoms with Crippen molar-refractivity contribution in [3.05, 3.63) is 108 Å². The first-order valence-corrected chi connectivity index (χ1v) is 11.6. The van der Waals surface area contributed by atoms with E-state index in [1.165, 1.54) is 13.1 Å². The lowest BCUT2D eigenvalue weighted by Gasteiger charge is -2.25. The van der Waals surface area contributed by atoms with Gasteiger partial charge in [-0.05, 0) is 39.9 Å². The van der Waals surface area contributed by atoms with Crippen LogP contribution in [0.4, 0.5) is 4.79 Å². The Kier molecular flexibility index (Phi) is 7.49. The third kappa shape index (κ3) is 5.15.